The van der Waals surface area contributed by atoms with Gasteiger partial charge in [0.25, 0.3) is 0 Å². The van der Waals surface area contributed by atoms with Crippen molar-refractivity contribution in [2.75, 3.05) is 13.7 Å². The van der Waals surface area contributed by atoms with Crippen LogP contribution < -0.4 is 26.3 Å². The molecule has 0 aliphatic heterocycles. The summed E-state index contributed by atoms with van der Waals surface area (Å²) in [5.74, 6) is 0.575. The summed E-state index contributed by atoms with van der Waals surface area (Å²) in [5.41, 5.74) is 1.00. The van der Waals surface area contributed by atoms with Gasteiger partial charge in [0.2, 0.25) is 17.1 Å². The molecule has 104 valence electrons. The number of benzene rings is 1. The summed E-state index contributed by atoms with van der Waals surface area (Å²) >= 11 is 1.66. The normalized spacial score (nSPS) is 10.1. The Kier molecular flexibility index (Phi) is 5.75. The van der Waals surface area contributed by atoms with Gasteiger partial charge in [-0.15, -0.1) is 0 Å². The van der Waals surface area contributed by atoms with E-state index in [1.54, 1.807) is 18.4 Å². The van der Waals surface area contributed by atoms with Gasteiger partial charge in [-0.25, -0.2) is 4.79 Å². The number of ether oxygens (including phenoxy) is 2. The van der Waals surface area contributed by atoms with Crippen LogP contribution >= 0.6 is 11.3 Å². The number of aryl methyl sites for hydroxylation is 1. The Morgan fingerprint density at radius 1 is 1.42 bits per heavy atom. The number of esters is 1. The minimum Gasteiger partial charge on any atom is -1.00 e. The zero-order valence-corrected chi connectivity index (χ0v) is 13.5. The highest BCUT2D eigenvalue weighted by Crippen LogP contribution is 2.24. The second-order valence-corrected chi connectivity index (χ2v) is 5.08. The predicted molar refractivity (Wildman–Crippen MR) is 69.9 cm³/mol. The zero-order valence-electron chi connectivity index (χ0n) is 11.1. The van der Waals surface area contributed by atoms with Gasteiger partial charge in [-0.1, -0.05) is 11.3 Å². The SMILES string of the molecule is CCOC(=O)C[n+]1c(C)sc2ccc(OC)cc21.[Br-]. The molecule has 1 aromatic carbocycles. The fraction of sp³-hybridized carbons (Fsp3) is 0.385. The van der Waals surface area contributed by atoms with Gasteiger partial charge in [-0.2, -0.15) is 4.57 Å². The van der Waals surface area contributed by atoms with Crippen molar-refractivity contribution in [3.05, 3.63) is 23.2 Å². The molecule has 0 amide bonds. The standard InChI is InChI=1S/C13H16NO3S.BrH/c1-4-17-13(15)8-14-9(2)18-12-6-5-10(16-3)7-11(12)14;/h5-7H,4,8H2,1-3H3;1H/q+1;/p-1. The summed E-state index contributed by atoms with van der Waals surface area (Å²) in [4.78, 5) is 11.6. The quantitative estimate of drug-likeness (QED) is 0.531. The fourth-order valence-electron chi connectivity index (χ4n) is 1.84. The largest absolute Gasteiger partial charge is 1.00 e. The van der Waals surface area contributed by atoms with Crippen molar-refractivity contribution in [1.82, 2.24) is 0 Å². The number of aromatic nitrogens is 1. The number of rotatable bonds is 4. The second-order valence-electron chi connectivity index (χ2n) is 3.85. The van der Waals surface area contributed by atoms with Crippen LogP contribution in [0.2, 0.25) is 0 Å². The Hall–Kier alpha value is -1.14. The Morgan fingerprint density at radius 2 is 2.16 bits per heavy atom. The molecule has 0 atom stereocenters. The number of hydrogen-bond donors (Lipinski definition) is 0. The number of methoxy groups -OCH3 is 1. The van der Waals surface area contributed by atoms with Crippen LogP contribution in [0.4, 0.5) is 0 Å². The van der Waals surface area contributed by atoms with E-state index in [0.717, 1.165) is 21.0 Å². The summed E-state index contributed by atoms with van der Waals surface area (Å²) in [6.45, 7) is 4.46. The lowest BCUT2D eigenvalue weighted by Gasteiger charge is -2.00. The number of nitrogens with zero attached hydrogens (tertiary/aromatic N) is 1. The monoisotopic (exact) mass is 345 g/mol. The fourth-order valence-corrected chi connectivity index (χ4v) is 2.84. The average Bonchev–Trinajstić information content (AvgIpc) is 2.65. The van der Waals surface area contributed by atoms with E-state index >= 15 is 0 Å². The lowest BCUT2D eigenvalue weighted by molar-refractivity contribution is -0.661. The van der Waals surface area contributed by atoms with Gasteiger partial charge in [0, 0.05) is 6.92 Å². The maximum atomic E-state index is 11.6. The van der Waals surface area contributed by atoms with Crippen molar-refractivity contribution in [2.24, 2.45) is 0 Å². The molecule has 6 heteroatoms. The lowest BCUT2D eigenvalue weighted by Crippen LogP contribution is -3.00. The number of halogens is 1. The van der Waals surface area contributed by atoms with Crippen molar-refractivity contribution in [3.8, 4) is 5.75 Å². The summed E-state index contributed by atoms with van der Waals surface area (Å²) in [6, 6.07) is 5.87. The minimum absolute atomic E-state index is 0. The van der Waals surface area contributed by atoms with Crippen LogP contribution in [0.25, 0.3) is 10.2 Å². The van der Waals surface area contributed by atoms with Gasteiger partial charge in [0.15, 0.2) is 0 Å². The van der Waals surface area contributed by atoms with Crippen LogP contribution in [0.1, 0.15) is 11.9 Å². The maximum absolute atomic E-state index is 11.6. The topological polar surface area (TPSA) is 39.4 Å². The van der Waals surface area contributed by atoms with Crippen LogP contribution in [-0.2, 0) is 16.1 Å². The summed E-state index contributed by atoms with van der Waals surface area (Å²) in [5, 5.41) is 1.08. The molecule has 19 heavy (non-hydrogen) atoms. The third-order valence-electron chi connectivity index (χ3n) is 2.69. The number of fused-ring (bicyclic) bond motifs is 1. The van der Waals surface area contributed by atoms with Gasteiger partial charge >= 0.3 is 5.97 Å². The highest BCUT2D eigenvalue weighted by Gasteiger charge is 2.21. The minimum atomic E-state index is -0.215. The molecule has 2 rings (SSSR count). The molecule has 0 saturated carbocycles. The van der Waals surface area contributed by atoms with E-state index in [-0.39, 0.29) is 29.5 Å². The molecule has 2 aromatic rings. The first kappa shape index (κ1) is 15.9. The second kappa shape index (κ2) is 6.86. The molecule has 0 aliphatic carbocycles. The first-order valence-electron chi connectivity index (χ1n) is 5.78. The van der Waals surface area contributed by atoms with E-state index in [1.807, 2.05) is 36.6 Å². The molecular weight excluding hydrogens is 330 g/mol. The van der Waals surface area contributed by atoms with Crippen LogP contribution in [0, 0.1) is 6.92 Å². The van der Waals surface area contributed by atoms with Crippen LogP contribution in [0.15, 0.2) is 18.2 Å². The van der Waals surface area contributed by atoms with E-state index < -0.39 is 0 Å². The van der Waals surface area contributed by atoms with E-state index in [1.165, 1.54) is 0 Å². The summed E-state index contributed by atoms with van der Waals surface area (Å²) in [7, 11) is 1.63. The van der Waals surface area contributed by atoms with Gasteiger partial charge in [-0.3, -0.25) is 0 Å². The number of carbonyl (C=O) groups is 1. The first-order valence-corrected chi connectivity index (χ1v) is 6.60. The number of thiazole rings is 1. The molecule has 0 fully saturated rings. The van der Waals surface area contributed by atoms with E-state index in [2.05, 4.69) is 0 Å². The van der Waals surface area contributed by atoms with Crippen LogP contribution in [-0.4, -0.2) is 19.7 Å². The van der Waals surface area contributed by atoms with Crippen molar-refractivity contribution in [2.45, 2.75) is 20.4 Å². The van der Waals surface area contributed by atoms with E-state index in [4.69, 9.17) is 9.47 Å². The molecule has 0 radical (unpaired) electrons. The van der Waals surface area contributed by atoms with Gasteiger partial charge in [-0.05, 0) is 19.1 Å². The highest BCUT2D eigenvalue weighted by atomic mass is 79.9. The highest BCUT2D eigenvalue weighted by molar-refractivity contribution is 7.18. The van der Waals surface area contributed by atoms with Crippen molar-refractivity contribution < 1.29 is 35.8 Å². The number of hydrogen-bond acceptors (Lipinski definition) is 4. The average molecular weight is 346 g/mol. The molecule has 4 nitrogen and oxygen atoms in total. The Labute approximate surface area is 126 Å². The van der Waals surface area contributed by atoms with Crippen LogP contribution in [0.3, 0.4) is 0 Å². The lowest BCUT2D eigenvalue weighted by atomic mass is 10.3. The summed E-state index contributed by atoms with van der Waals surface area (Å²) < 4.78 is 13.3. The molecule has 1 heterocycles. The molecular formula is C13H16BrNO3S. The third-order valence-corrected chi connectivity index (χ3v) is 3.77. The molecule has 0 aliphatic rings. The van der Waals surface area contributed by atoms with Crippen molar-refractivity contribution in [1.29, 1.82) is 0 Å². The summed E-state index contributed by atoms with van der Waals surface area (Å²) in [6.07, 6.45) is 0. The molecule has 0 saturated heterocycles. The van der Waals surface area contributed by atoms with E-state index in [9.17, 15) is 4.79 Å². The molecule has 0 N–H and O–H groups in total. The predicted octanol–water partition coefficient (Wildman–Crippen LogP) is -0.927. The van der Waals surface area contributed by atoms with Crippen molar-refractivity contribution in [3.63, 3.8) is 0 Å². The van der Waals surface area contributed by atoms with Crippen molar-refractivity contribution >= 4 is 27.5 Å². The van der Waals surface area contributed by atoms with Gasteiger partial charge in [0.05, 0.1) is 19.8 Å². The third kappa shape index (κ3) is 3.45. The van der Waals surface area contributed by atoms with Gasteiger partial charge < -0.3 is 26.5 Å². The first-order chi connectivity index (χ1) is 8.65. The zero-order chi connectivity index (χ0) is 13.1. The molecule has 1 aromatic heterocycles. The maximum Gasteiger partial charge on any atom is 0.372 e. The van der Waals surface area contributed by atoms with Gasteiger partial charge in [0.1, 0.15) is 10.4 Å². The van der Waals surface area contributed by atoms with E-state index in [0.29, 0.717) is 6.61 Å². The van der Waals surface area contributed by atoms with Crippen LogP contribution in [0.5, 0.6) is 5.75 Å². The Balaban J connectivity index is 0.00000180. The number of carbonyl (C=O) groups excluding carboxylic acids is 1. The molecule has 0 bridgehead atoms. The molecule has 0 unspecified atom stereocenters. The Morgan fingerprint density at radius 3 is 2.79 bits per heavy atom. The smallest absolute Gasteiger partial charge is 0.372 e. The Bertz CT molecular complexity index is 583. The molecule has 0 spiro atoms.